The first kappa shape index (κ1) is 15.2. The van der Waals surface area contributed by atoms with Crippen LogP contribution in [0.2, 0.25) is 0 Å². The summed E-state index contributed by atoms with van der Waals surface area (Å²) in [5, 5.41) is 13.2. The van der Waals surface area contributed by atoms with Crippen molar-refractivity contribution in [1.82, 2.24) is 10.3 Å². The van der Waals surface area contributed by atoms with Gasteiger partial charge in [-0.05, 0) is 33.0 Å². The molecule has 3 atom stereocenters. The van der Waals surface area contributed by atoms with E-state index >= 15 is 0 Å². The molecule has 0 aliphatic rings. The van der Waals surface area contributed by atoms with Crippen LogP contribution in [-0.2, 0) is 6.42 Å². The van der Waals surface area contributed by atoms with Gasteiger partial charge in [0.15, 0.2) is 0 Å². The number of aromatic nitrogens is 1. The fourth-order valence-corrected chi connectivity index (χ4v) is 2.40. The molecule has 0 aliphatic heterocycles. The summed E-state index contributed by atoms with van der Waals surface area (Å²) < 4.78 is 0. The smallest absolute Gasteiger partial charge is 0.0592 e. The normalized spacial score (nSPS) is 17.3. The first-order chi connectivity index (χ1) is 8.60. The highest BCUT2D eigenvalue weighted by Gasteiger charge is 2.26. The molecule has 0 saturated heterocycles. The molecule has 0 bridgehead atoms. The van der Waals surface area contributed by atoms with Crippen molar-refractivity contribution in [3.05, 3.63) is 41.2 Å². The number of aliphatic hydroxyl groups is 1. The number of halogens is 1. The number of nitrogens with one attached hydrogen (secondary N) is 1. The van der Waals surface area contributed by atoms with Crippen LogP contribution in [0.3, 0.4) is 0 Å². The summed E-state index contributed by atoms with van der Waals surface area (Å²) in [5.74, 6) is -0.0190. The van der Waals surface area contributed by atoms with Crippen molar-refractivity contribution in [3.8, 4) is 0 Å². The Morgan fingerprint density at radius 2 is 2.28 bits per heavy atom. The van der Waals surface area contributed by atoms with Crippen molar-refractivity contribution in [2.45, 2.75) is 32.4 Å². The third-order valence-electron chi connectivity index (χ3n) is 3.18. The van der Waals surface area contributed by atoms with Crippen molar-refractivity contribution in [3.63, 3.8) is 0 Å². The zero-order valence-electron chi connectivity index (χ0n) is 11.1. The molecule has 3 nitrogen and oxygen atoms in total. The Morgan fingerprint density at radius 1 is 1.56 bits per heavy atom. The Balaban J connectivity index is 2.86. The maximum absolute atomic E-state index is 9.93. The predicted octanol–water partition coefficient (Wildman–Crippen LogP) is 2.35. The van der Waals surface area contributed by atoms with Crippen LogP contribution < -0.4 is 5.32 Å². The Bertz CT molecular complexity index is 379. The summed E-state index contributed by atoms with van der Waals surface area (Å²) in [6.45, 7) is 3.73. The Kier molecular flexibility index (Phi) is 6.33. The van der Waals surface area contributed by atoms with Crippen LogP contribution in [0.5, 0.6) is 0 Å². The van der Waals surface area contributed by atoms with Gasteiger partial charge in [-0.1, -0.05) is 23.2 Å². The summed E-state index contributed by atoms with van der Waals surface area (Å²) in [6.07, 6.45) is 2.08. The summed E-state index contributed by atoms with van der Waals surface area (Å²) in [5.41, 5.74) is 3.52. The highest BCUT2D eigenvalue weighted by molar-refractivity contribution is 6.25. The minimum absolute atomic E-state index is 0.0190. The lowest BCUT2D eigenvalue weighted by Crippen LogP contribution is -2.41. The standard InChI is InChI=1S/C14H21ClN2O/c1-10(9-15)14(11(2)18)13(16-3)8-12-6-4-5-7-17-12/h4-7,9,11,13-14,16,18H,8H2,1-3H3/b10-9+. The minimum Gasteiger partial charge on any atom is -0.393 e. The van der Waals surface area contributed by atoms with Crippen molar-refractivity contribution in [2.75, 3.05) is 7.05 Å². The SMILES string of the molecule is CNC(Cc1ccccn1)C(/C(C)=C/Cl)C(C)O. The van der Waals surface area contributed by atoms with Crippen LogP contribution in [0.1, 0.15) is 19.5 Å². The van der Waals surface area contributed by atoms with Crippen LogP contribution in [-0.4, -0.2) is 29.3 Å². The molecule has 1 heterocycles. The van der Waals surface area contributed by atoms with Gasteiger partial charge in [-0.25, -0.2) is 0 Å². The molecule has 2 N–H and O–H groups in total. The van der Waals surface area contributed by atoms with Gasteiger partial charge in [-0.15, -0.1) is 0 Å². The average molecular weight is 269 g/mol. The number of hydrogen-bond acceptors (Lipinski definition) is 3. The number of likely N-dealkylation sites (N-methyl/N-ethyl adjacent to an activating group) is 1. The Labute approximate surface area is 114 Å². The van der Waals surface area contributed by atoms with Crippen LogP contribution in [0.4, 0.5) is 0 Å². The third-order valence-corrected chi connectivity index (χ3v) is 3.52. The summed E-state index contributed by atoms with van der Waals surface area (Å²) in [7, 11) is 1.89. The molecular weight excluding hydrogens is 248 g/mol. The first-order valence-electron chi connectivity index (χ1n) is 6.12. The Morgan fingerprint density at radius 3 is 2.72 bits per heavy atom. The molecule has 3 unspecified atom stereocenters. The first-order valence-corrected chi connectivity index (χ1v) is 6.56. The summed E-state index contributed by atoms with van der Waals surface area (Å²) >= 11 is 5.78. The maximum atomic E-state index is 9.93. The number of hydrogen-bond donors (Lipinski definition) is 2. The molecule has 1 aromatic heterocycles. The minimum atomic E-state index is -0.457. The fraction of sp³-hybridized carbons (Fsp3) is 0.500. The van der Waals surface area contributed by atoms with Gasteiger partial charge in [0.25, 0.3) is 0 Å². The number of pyridine rings is 1. The largest absolute Gasteiger partial charge is 0.393 e. The predicted molar refractivity (Wildman–Crippen MR) is 75.6 cm³/mol. The lowest BCUT2D eigenvalue weighted by atomic mass is 9.86. The van der Waals surface area contributed by atoms with Gasteiger partial charge in [-0.3, -0.25) is 4.98 Å². The van der Waals surface area contributed by atoms with Gasteiger partial charge in [0.05, 0.1) is 6.10 Å². The van der Waals surface area contributed by atoms with Crippen LogP contribution in [0.15, 0.2) is 35.5 Å². The van der Waals surface area contributed by atoms with E-state index in [1.165, 1.54) is 0 Å². The van der Waals surface area contributed by atoms with Crippen molar-refractivity contribution in [2.24, 2.45) is 5.92 Å². The third kappa shape index (κ3) is 4.09. The van der Waals surface area contributed by atoms with Gasteiger partial charge in [0.1, 0.15) is 0 Å². The molecule has 1 aromatic rings. The molecular formula is C14H21ClN2O. The van der Waals surface area contributed by atoms with E-state index in [0.29, 0.717) is 0 Å². The van der Waals surface area contributed by atoms with Gasteiger partial charge >= 0.3 is 0 Å². The molecule has 18 heavy (non-hydrogen) atoms. The van der Waals surface area contributed by atoms with Crippen LogP contribution in [0.25, 0.3) is 0 Å². The van der Waals surface area contributed by atoms with E-state index in [-0.39, 0.29) is 12.0 Å². The second-order valence-electron chi connectivity index (χ2n) is 4.54. The molecule has 0 fully saturated rings. The molecule has 100 valence electrons. The van der Waals surface area contributed by atoms with Crippen molar-refractivity contribution < 1.29 is 5.11 Å². The topological polar surface area (TPSA) is 45.2 Å². The number of aliphatic hydroxyl groups excluding tert-OH is 1. The lowest BCUT2D eigenvalue weighted by molar-refractivity contribution is 0.121. The Hall–Kier alpha value is -0.900. The second-order valence-corrected chi connectivity index (χ2v) is 4.76. The molecule has 0 amide bonds. The second kappa shape index (κ2) is 7.52. The maximum Gasteiger partial charge on any atom is 0.0592 e. The number of nitrogens with zero attached hydrogens (tertiary/aromatic N) is 1. The highest BCUT2D eigenvalue weighted by atomic mass is 35.5. The molecule has 0 spiro atoms. The van der Waals surface area contributed by atoms with Gasteiger partial charge in [0.2, 0.25) is 0 Å². The summed E-state index contributed by atoms with van der Waals surface area (Å²) in [4.78, 5) is 4.32. The van der Waals surface area contributed by atoms with Crippen molar-refractivity contribution >= 4 is 11.6 Å². The van der Waals surface area contributed by atoms with E-state index in [0.717, 1.165) is 17.7 Å². The van der Waals surface area contributed by atoms with Gasteiger partial charge < -0.3 is 10.4 Å². The van der Waals surface area contributed by atoms with Crippen LogP contribution in [0, 0.1) is 5.92 Å². The van der Waals surface area contributed by atoms with Gasteiger partial charge in [0, 0.05) is 35.8 Å². The molecule has 0 aliphatic carbocycles. The van der Waals surface area contributed by atoms with E-state index in [1.807, 2.05) is 32.2 Å². The molecule has 0 saturated carbocycles. The molecule has 4 heteroatoms. The fourth-order valence-electron chi connectivity index (χ4n) is 2.26. The molecule has 0 radical (unpaired) electrons. The van der Waals surface area contributed by atoms with E-state index in [9.17, 15) is 5.11 Å². The quantitative estimate of drug-likeness (QED) is 0.833. The van der Waals surface area contributed by atoms with Gasteiger partial charge in [-0.2, -0.15) is 0 Å². The monoisotopic (exact) mass is 268 g/mol. The zero-order valence-corrected chi connectivity index (χ0v) is 11.9. The zero-order chi connectivity index (χ0) is 13.5. The van der Waals surface area contributed by atoms with E-state index in [4.69, 9.17) is 11.6 Å². The van der Waals surface area contributed by atoms with E-state index < -0.39 is 6.10 Å². The average Bonchev–Trinajstić information content (AvgIpc) is 2.38. The van der Waals surface area contributed by atoms with E-state index in [2.05, 4.69) is 10.3 Å². The highest BCUT2D eigenvalue weighted by Crippen LogP contribution is 2.22. The number of rotatable bonds is 6. The van der Waals surface area contributed by atoms with Crippen LogP contribution >= 0.6 is 11.6 Å². The summed E-state index contributed by atoms with van der Waals surface area (Å²) in [6, 6.07) is 5.96. The van der Waals surface area contributed by atoms with Crippen molar-refractivity contribution in [1.29, 1.82) is 0 Å². The molecule has 0 aromatic carbocycles. The molecule has 1 rings (SSSR count). The lowest BCUT2D eigenvalue weighted by Gasteiger charge is -2.29. The van der Waals surface area contributed by atoms with E-state index in [1.54, 1.807) is 18.7 Å².